The summed E-state index contributed by atoms with van der Waals surface area (Å²) in [7, 11) is 1.54. The molecule has 0 bridgehead atoms. The van der Waals surface area contributed by atoms with Crippen molar-refractivity contribution in [1.82, 2.24) is 25.8 Å². The SMILES string of the molecule is CNC(=O)c1cnc(C2(O)CCC(N[C@H]3CCN(C(=O)CNC(=O)c4cccc(C(F)(F)F)c4)C3)CC2)s1. The summed E-state index contributed by atoms with van der Waals surface area (Å²) in [5, 5.41) is 20.1. The van der Waals surface area contributed by atoms with E-state index in [2.05, 4.69) is 20.9 Å². The first-order valence-corrected chi connectivity index (χ1v) is 13.2. The number of amides is 3. The maximum atomic E-state index is 12.9. The highest BCUT2D eigenvalue weighted by Crippen LogP contribution is 2.39. The topological polar surface area (TPSA) is 124 Å². The summed E-state index contributed by atoms with van der Waals surface area (Å²) in [6, 6.07) is 4.29. The summed E-state index contributed by atoms with van der Waals surface area (Å²) in [6.45, 7) is 0.666. The van der Waals surface area contributed by atoms with E-state index in [-0.39, 0.29) is 36.0 Å². The molecule has 9 nitrogen and oxygen atoms in total. The molecule has 3 amide bonds. The second-order valence-electron chi connectivity index (χ2n) is 9.67. The van der Waals surface area contributed by atoms with Crippen LogP contribution in [0.5, 0.6) is 0 Å². The van der Waals surface area contributed by atoms with Crippen LogP contribution in [-0.2, 0) is 16.6 Å². The number of hydrogen-bond donors (Lipinski definition) is 4. The number of alkyl halides is 3. The molecule has 2 fully saturated rings. The molecule has 1 saturated heterocycles. The maximum absolute atomic E-state index is 12.9. The van der Waals surface area contributed by atoms with Crippen molar-refractivity contribution < 1.29 is 32.7 Å². The van der Waals surface area contributed by atoms with Crippen molar-refractivity contribution in [1.29, 1.82) is 0 Å². The third-order valence-electron chi connectivity index (χ3n) is 7.03. The predicted molar refractivity (Wildman–Crippen MR) is 134 cm³/mol. The van der Waals surface area contributed by atoms with E-state index in [0.29, 0.717) is 48.7 Å². The highest BCUT2D eigenvalue weighted by atomic mass is 32.1. The molecular formula is C25H30F3N5O4S. The highest BCUT2D eigenvalue weighted by molar-refractivity contribution is 7.13. The van der Waals surface area contributed by atoms with Crippen LogP contribution in [0.2, 0.25) is 0 Å². The molecule has 2 heterocycles. The molecule has 1 aliphatic carbocycles. The number of aromatic nitrogens is 1. The van der Waals surface area contributed by atoms with Gasteiger partial charge in [-0.15, -0.1) is 11.3 Å². The van der Waals surface area contributed by atoms with Crippen molar-refractivity contribution >= 4 is 29.1 Å². The summed E-state index contributed by atoms with van der Waals surface area (Å²) in [6.07, 6.45) is 0.0809. The summed E-state index contributed by atoms with van der Waals surface area (Å²) in [5.74, 6) is -1.28. The Labute approximate surface area is 221 Å². The molecule has 38 heavy (non-hydrogen) atoms. The van der Waals surface area contributed by atoms with Gasteiger partial charge in [-0.3, -0.25) is 14.4 Å². The van der Waals surface area contributed by atoms with E-state index < -0.39 is 23.2 Å². The van der Waals surface area contributed by atoms with E-state index >= 15 is 0 Å². The van der Waals surface area contributed by atoms with E-state index in [1.807, 2.05) is 0 Å². The molecule has 0 spiro atoms. The van der Waals surface area contributed by atoms with Gasteiger partial charge in [-0.25, -0.2) is 4.98 Å². The number of benzene rings is 1. The lowest BCUT2D eigenvalue weighted by Crippen LogP contribution is -2.46. The Morgan fingerprint density at radius 1 is 1.16 bits per heavy atom. The summed E-state index contributed by atoms with van der Waals surface area (Å²) in [4.78, 5) is 43.0. The van der Waals surface area contributed by atoms with Crippen LogP contribution >= 0.6 is 11.3 Å². The van der Waals surface area contributed by atoms with Gasteiger partial charge in [-0.1, -0.05) is 6.07 Å². The molecule has 206 valence electrons. The minimum absolute atomic E-state index is 0.0639. The molecule has 4 rings (SSSR count). The van der Waals surface area contributed by atoms with Gasteiger partial charge in [0.05, 0.1) is 18.3 Å². The second-order valence-corrected chi connectivity index (χ2v) is 10.7. The molecule has 1 aliphatic heterocycles. The van der Waals surface area contributed by atoms with Crippen LogP contribution in [-0.4, -0.2) is 71.5 Å². The van der Waals surface area contributed by atoms with Gasteiger partial charge in [-0.2, -0.15) is 13.2 Å². The molecular weight excluding hydrogens is 523 g/mol. The van der Waals surface area contributed by atoms with E-state index in [9.17, 15) is 32.7 Å². The average Bonchev–Trinajstić information content (AvgIpc) is 3.58. The minimum Gasteiger partial charge on any atom is -0.383 e. The van der Waals surface area contributed by atoms with Gasteiger partial charge in [0, 0.05) is 37.8 Å². The van der Waals surface area contributed by atoms with E-state index in [1.165, 1.54) is 23.6 Å². The smallest absolute Gasteiger partial charge is 0.383 e. The van der Waals surface area contributed by atoms with Crippen molar-refractivity contribution in [3.05, 3.63) is 51.5 Å². The summed E-state index contributed by atoms with van der Waals surface area (Å²) >= 11 is 1.20. The van der Waals surface area contributed by atoms with E-state index in [4.69, 9.17) is 0 Å². The highest BCUT2D eigenvalue weighted by Gasteiger charge is 2.39. The Morgan fingerprint density at radius 3 is 2.58 bits per heavy atom. The molecule has 4 N–H and O–H groups in total. The fourth-order valence-electron chi connectivity index (χ4n) is 4.86. The van der Waals surface area contributed by atoms with Crippen LogP contribution in [0.1, 0.15) is 62.7 Å². The van der Waals surface area contributed by atoms with E-state index in [1.54, 1.807) is 11.9 Å². The van der Waals surface area contributed by atoms with Gasteiger partial charge < -0.3 is 26.0 Å². The number of hydrogen-bond acceptors (Lipinski definition) is 7. The Balaban J connectivity index is 1.21. The van der Waals surface area contributed by atoms with Crippen LogP contribution < -0.4 is 16.0 Å². The number of halogens is 3. The third kappa shape index (κ3) is 6.51. The Bertz CT molecular complexity index is 1180. The van der Waals surface area contributed by atoms with Gasteiger partial charge in [-0.05, 0) is 50.3 Å². The van der Waals surface area contributed by atoms with Crippen molar-refractivity contribution in [2.45, 2.75) is 56.0 Å². The number of nitrogens with one attached hydrogen (secondary N) is 3. The number of rotatable bonds is 7. The number of nitrogens with zero attached hydrogens (tertiary/aromatic N) is 2. The lowest BCUT2D eigenvalue weighted by Gasteiger charge is -2.36. The molecule has 0 unspecified atom stereocenters. The monoisotopic (exact) mass is 553 g/mol. The lowest BCUT2D eigenvalue weighted by molar-refractivity contribution is -0.137. The number of likely N-dealkylation sites (tertiary alicyclic amines) is 1. The van der Waals surface area contributed by atoms with Crippen LogP contribution in [0.4, 0.5) is 13.2 Å². The largest absolute Gasteiger partial charge is 0.416 e. The van der Waals surface area contributed by atoms with Crippen LogP contribution in [0.3, 0.4) is 0 Å². The first-order valence-electron chi connectivity index (χ1n) is 12.4. The van der Waals surface area contributed by atoms with Crippen LogP contribution in [0.25, 0.3) is 0 Å². The zero-order valence-electron chi connectivity index (χ0n) is 20.8. The fraction of sp³-hybridized carbons (Fsp3) is 0.520. The quantitative estimate of drug-likeness (QED) is 0.417. The zero-order valence-corrected chi connectivity index (χ0v) is 21.6. The summed E-state index contributed by atoms with van der Waals surface area (Å²) in [5.41, 5.74) is -2.15. The van der Waals surface area contributed by atoms with Crippen molar-refractivity contribution in [3.8, 4) is 0 Å². The van der Waals surface area contributed by atoms with Gasteiger partial charge in [0.1, 0.15) is 15.5 Å². The zero-order chi connectivity index (χ0) is 27.5. The standard InChI is InChI=1S/C25H30F3N5O4S/c1-29-22(36)19-12-31-23(38-19)24(37)8-5-17(6-9-24)32-18-7-10-33(14-18)20(34)13-30-21(35)15-3-2-4-16(11-15)25(26,27)28/h2-4,11-12,17-18,32,37H,5-10,13-14H2,1H3,(H,29,36)(H,30,35)/t17?,18-,24?/m0/s1. The average molecular weight is 554 g/mol. The first-order chi connectivity index (χ1) is 18.0. The van der Waals surface area contributed by atoms with Crippen molar-refractivity contribution in [2.75, 3.05) is 26.7 Å². The molecule has 1 saturated carbocycles. The second kappa shape index (κ2) is 11.4. The van der Waals surface area contributed by atoms with Gasteiger partial charge in [0.15, 0.2) is 0 Å². The Morgan fingerprint density at radius 2 is 1.89 bits per heavy atom. The van der Waals surface area contributed by atoms with Crippen LogP contribution in [0, 0.1) is 0 Å². The normalized spacial score (nSPS) is 23.8. The molecule has 2 aromatic rings. The van der Waals surface area contributed by atoms with Crippen molar-refractivity contribution in [3.63, 3.8) is 0 Å². The summed E-state index contributed by atoms with van der Waals surface area (Å²) < 4.78 is 38.7. The molecule has 1 aromatic heterocycles. The molecule has 2 aliphatic rings. The number of aliphatic hydroxyl groups is 1. The fourth-order valence-corrected chi connectivity index (χ4v) is 5.86. The third-order valence-corrected chi connectivity index (χ3v) is 8.22. The maximum Gasteiger partial charge on any atom is 0.416 e. The molecule has 1 atom stereocenters. The van der Waals surface area contributed by atoms with Crippen molar-refractivity contribution in [2.24, 2.45) is 0 Å². The molecule has 0 radical (unpaired) electrons. The van der Waals surface area contributed by atoms with E-state index in [0.717, 1.165) is 24.6 Å². The molecule has 1 aromatic carbocycles. The van der Waals surface area contributed by atoms with Gasteiger partial charge in [0.2, 0.25) is 5.91 Å². The lowest BCUT2D eigenvalue weighted by atomic mass is 9.82. The van der Waals surface area contributed by atoms with Gasteiger partial charge >= 0.3 is 6.18 Å². The minimum atomic E-state index is -4.56. The van der Waals surface area contributed by atoms with Gasteiger partial charge in [0.25, 0.3) is 11.8 Å². The number of carbonyl (C=O) groups excluding carboxylic acids is 3. The number of thiazole rings is 1. The Hall–Kier alpha value is -3.03. The first kappa shape index (κ1) is 28.0. The van der Waals surface area contributed by atoms with Crippen LogP contribution in [0.15, 0.2) is 30.5 Å². The predicted octanol–water partition coefficient (Wildman–Crippen LogP) is 2.27. The number of carbonyl (C=O) groups is 3. The molecule has 13 heteroatoms. The Kier molecular flexibility index (Phi) is 8.38.